The topological polar surface area (TPSA) is 67.9 Å². The molecule has 1 N–H and O–H groups in total. The molecule has 1 aliphatic heterocycles. The largest absolute Gasteiger partial charge is 0.465 e. The monoisotopic (exact) mass is 372 g/mol. The Labute approximate surface area is 160 Å². The molecule has 0 amide bonds. The SMILES string of the molecule is C=C1NC(C)=C(C(=O)OCC)C(c2ccc(N(C)C)cc2)C1C(=O)OCC. The number of allylic oxidation sites excluding steroid dienone is 1. The summed E-state index contributed by atoms with van der Waals surface area (Å²) in [5, 5.41) is 3.06. The molecule has 146 valence electrons. The van der Waals surface area contributed by atoms with Crippen LogP contribution in [0.4, 0.5) is 5.69 Å². The van der Waals surface area contributed by atoms with E-state index in [0.717, 1.165) is 11.3 Å². The van der Waals surface area contributed by atoms with Crippen molar-refractivity contribution >= 4 is 17.6 Å². The summed E-state index contributed by atoms with van der Waals surface area (Å²) in [5.41, 5.74) is 3.45. The molecule has 2 rings (SSSR count). The molecule has 2 unspecified atom stereocenters. The summed E-state index contributed by atoms with van der Waals surface area (Å²) in [7, 11) is 3.91. The lowest BCUT2D eigenvalue weighted by molar-refractivity contribution is -0.147. The first-order chi connectivity index (χ1) is 12.8. The summed E-state index contributed by atoms with van der Waals surface area (Å²) in [6.45, 7) is 9.82. The molecule has 0 fully saturated rings. The number of carbonyl (C=O) groups excluding carboxylic acids is 2. The molecule has 27 heavy (non-hydrogen) atoms. The molecule has 0 bridgehead atoms. The number of anilines is 1. The van der Waals surface area contributed by atoms with Crippen LogP contribution < -0.4 is 10.2 Å². The van der Waals surface area contributed by atoms with Crippen molar-refractivity contribution in [2.24, 2.45) is 5.92 Å². The van der Waals surface area contributed by atoms with Crippen molar-refractivity contribution in [3.05, 3.63) is 53.4 Å². The van der Waals surface area contributed by atoms with E-state index in [0.29, 0.717) is 17.0 Å². The number of esters is 2. The molecular formula is C21H28N2O4. The van der Waals surface area contributed by atoms with Crippen molar-refractivity contribution < 1.29 is 19.1 Å². The van der Waals surface area contributed by atoms with Crippen molar-refractivity contribution in [2.75, 3.05) is 32.2 Å². The molecule has 0 saturated heterocycles. The molecule has 1 aromatic rings. The maximum absolute atomic E-state index is 12.7. The van der Waals surface area contributed by atoms with Gasteiger partial charge in [0.1, 0.15) is 5.92 Å². The zero-order chi connectivity index (χ0) is 20.1. The van der Waals surface area contributed by atoms with E-state index < -0.39 is 23.8 Å². The van der Waals surface area contributed by atoms with Gasteiger partial charge in [0.05, 0.1) is 18.8 Å². The van der Waals surface area contributed by atoms with E-state index in [1.54, 1.807) is 20.8 Å². The van der Waals surface area contributed by atoms with Crippen LogP contribution in [0.1, 0.15) is 32.3 Å². The van der Waals surface area contributed by atoms with Crippen molar-refractivity contribution in [2.45, 2.75) is 26.7 Å². The molecule has 2 atom stereocenters. The zero-order valence-electron chi connectivity index (χ0n) is 16.7. The van der Waals surface area contributed by atoms with Gasteiger partial charge in [-0.1, -0.05) is 18.7 Å². The van der Waals surface area contributed by atoms with Gasteiger partial charge in [-0.25, -0.2) is 4.79 Å². The fourth-order valence-electron chi connectivity index (χ4n) is 3.33. The second kappa shape index (κ2) is 8.75. The molecule has 6 heteroatoms. The van der Waals surface area contributed by atoms with Gasteiger partial charge in [-0.05, 0) is 38.5 Å². The molecular weight excluding hydrogens is 344 g/mol. The Bertz CT molecular complexity index is 750. The van der Waals surface area contributed by atoms with Gasteiger partial charge in [-0.2, -0.15) is 0 Å². The lowest BCUT2D eigenvalue weighted by Crippen LogP contribution is -2.39. The molecule has 6 nitrogen and oxygen atoms in total. The van der Waals surface area contributed by atoms with Gasteiger partial charge in [0.15, 0.2) is 0 Å². The number of ether oxygens (including phenoxy) is 2. The average Bonchev–Trinajstić information content (AvgIpc) is 2.61. The van der Waals surface area contributed by atoms with Gasteiger partial charge < -0.3 is 19.7 Å². The van der Waals surface area contributed by atoms with E-state index in [9.17, 15) is 9.59 Å². The summed E-state index contributed by atoms with van der Waals surface area (Å²) in [4.78, 5) is 27.4. The van der Waals surface area contributed by atoms with Crippen LogP contribution in [0, 0.1) is 5.92 Å². The van der Waals surface area contributed by atoms with Gasteiger partial charge >= 0.3 is 11.9 Å². The standard InChI is InChI=1S/C21H28N2O4/c1-7-26-20(24)17-13(3)22-14(4)18(21(25)27-8-2)19(17)15-9-11-16(12-10-15)23(5)6/h9-12,17,19,22H,3,7-8H2,1-2,4-6H3. The number of rotatable bonds is 6. The minimum absolute atomic E-state index is 0.256. The maximum atomic E-state index is 12.7. The Kier molecular flexibility index (Phi) is 6.66. The van der Waals surface area contributed by atoms with Crippen LogP contribution in [0.25, 0.3) is 0 Å². The fourth-order valence-corrected chi connectivity index (χ4v) is 3.33. The highest BCUT2D eigenvalue weighted by molar-refractivity contribution is 5.94. The van der Waals surface area contributed by atoms with Crippen molar-refractivity contribution in [3.8, 4) is 0 Å². The summed E-state index contributed by atoms with van der Waals surface area (Å²) >= 11 is 0. The Hall–Kier alpha value is -2.76. The first-order valence-electron chi connectivity index (χ1n) is 9.09. The third-order valence-electron chi connectivity index (χ3n) is 4.58. The van der Waals surface area contributed by atoms with Gasteiger partial charge in [0, 0.05) is 37.1 Å². The average molecular weight is 372 g/mol. The van der Waals surface area contributed by atoms with Crippen LogP contribution in [0.2, 0.25) is 0 Å². The molecule has 1 heterocycles. The Balaban J connectivity index is 2.58. The van der Waals surface area contributed by atoms with Crippen LogP contribution in [-0.4, -0.2) is 39.2 Å². The van der Waals surface area contributed by atoms with E-state index in [-0.39, 0.29) is 13.2 Å². The number of hydrogen-bond donors (Lipinski definition) is 1. The van der Waals surface area contributed by atoms with E-state index in [2.05, 4.69) is 11.9 Å². The fraction of sp³-hybridized carbons (Fsp3) is 0.429. The van der Waals surface area contributed by atoms with Gasteiger partial charge in [0.25, 0.3) is 0 Å². The molecule has 0 aromatic heterocycles. The molecule has 0 aliphatic carbocycles. The van der Waals surface area contributed by atoms with Crippen molar-refractivity contribution in [1.82, 2.24) is 5.32 Å². The first kappa shape index (κ1) is 20.6. The predicted molar refractivity (Wildman–Crippen MR) is 105 cm³/mol. The number of hydrogen-bond acceptors (Lipinski definition) is 6. The second-order valence-electron chi connectivity index (χ2n) is 6.60. The summed E-state index contributed by atoms with van der Waals surface area (Å²) < 4.78 is 10.5. The van der Waals surface area contributed by atoms with E-state index >= 15 is 0 Å². The van der Waals surface area contributed by atoms with Crippen molar-refractivity contribution in [3.63, 3.8) is 0 Å². The summed E-state index contributed by atoms with van der Waals surface area (Å²) in [6.07, 6.45) is 0. The van der Waals surface area contributed by atoms with E-state index in [4.69, 9.17) is 9.47 Å². The Morgan fingerprint density at radius 2 is 1.70 bits per heavy atom. The summed E-state index contributed by atoms with van der Waals surface area (Å²) in [6, 6.07) is 7.77. The predicted octanol–water partition coefficient (Wildman–Crippen LogP) is 2.97. The minimum Gasteiger partial charge on any atom is -0.465 e. The molecule has 0 saturated carbocycles. The Morgan fingerprint density at radius 1 is 1.11 bits per heavy atom. The lowest BCUT2D eigenvalue weighted by atomic mass is 9.75. The molecule has 1 aromatic carbocycles. The van der Waals surface area contributed by atoms with Gasteiger partial charge in [-0.15, -0.1) is 0 Å². The summed E-state index contributed by atoms with van der Waals surface area (Å²) in [5.74, 6) is -2.08. The van der Waals surface area contributed by atoms with Crippen LogP contribution >= 0.6 is 0 Å². The quantitative estimate of drug-likeness (QED) is 0.775. The highest BCUT2D eigenvalue weighted by Gasteiger charge is 2.42. The highest BCUT2D eigenvalue weighted by atomic mass is 16.5. The third-order valence-corrected chi connectivity index (χ3v) is 4.58. The minimum atomic E-state index is -0.710. The van der Waals surface area contributed by atoms with Gasteiger partial charge in [-0.3, -0.25) is 4.79 Å². The van der Waals surface area contributed by atoms with E-state index in [1.807, 2.05) is 43.3 Å². The first-order valence-corrected chi connectivity index (χ1v) is 9.09. The smallest absolute Gasteiger partial charge is 0.336 e. The van der Waals surface area contributed by atoms with Crippen molar-refractivity contribution in [1.29, 1.82) is 0 Å². The second-order valence-corrected chi connectivity index (χ2v) is 6.60. The number of nitrogens with one attached hydrogen (secondary N) is 1. The number of benzene rings is 1. The molecule has 0 radical (unpaired) electrons. The number of nitrogens with zero attached hydrogens (tertiary/aromatic N) is 1. The van der Waals surface area contributed by atoms with Crippen LogP contribution in [-0.2, 0) is 19.1 Å². The lowest BCUT2D eigenvalue weighted by Gasteiger charge is -2.35. The maximum Gasteiger partial charge on any atom is 0.336 e. The number of carbonyl (C=O) groups is 2. The molecule has 1 aliphatic rings. The highest BCUT2D eigenvalue weighted by Crippen LogP contribution is 2.41. The normalized spacial score (nSPS) is 19.4. The van der Waals surface area contributed by atoms with Crippen LogP contribution in [0.15, 0.2) is 47.8 Å². The van der Waals surface area contributed by atoms with E-state index in [1.165, 1.54) is 0 Å². The Morgan fingerprint density at radius 3 is 2.22 bits per heavy atom. The molecule has 0 spiro atoms. The zero-order valence-corrected chi connectivity index (χ0v) is 16.7. The van der Waals surface area contributed by atoms with Crippen LogP contribution in [0.3, 0.4) is 0 Å². The van der Waals surface area contributed by atoms with Crippen LogP contribution in [0.5, 0.6) is 0 Å². The van der Waals surface area contributed by atoms with Gasteiger partial charge in [0.2, 0.25) is 0 Å². The third kappa shape index (κ3) is 4.32.